The van der Waals surface area contributed by atoms with Gasteiger partial charge in [0.05, 0.1) is 23.3 Å². The van der Waals surface area contributed by atoms with E-state index >= 15 is 0 Å². The van der Waals surface area contributed by atoms with E-state index in [2.05, 4.69) is 30.6 Å². The second kappa shape index (κ2) is 8.38. The number of pyridine rings is 1. The summed E-state index contributed by atoms with van der Waals surface area (Å²) in [5.74, 6) is -0.571. The zero-order chi connectivity index (χ0) is 22.1. The van der Waals surface area contributed by atoms with E-state index in [1.165, 1.54) is 23.6 Å². The van der Waals surface area contributed by atoms with Crippen molar-refractivity contribution in [3.8, 4) is 0 Å². The average molecular weight is 445 g/mol. The molecule has 3 N–H and O–H groups in total. The lowest BCUT2D eigenvalue weighted by Crippen LogP contribution is -2.37. The van der Waals surface area contributed by atoms with E-state index < -0.39 is 11.9 Å². The van der Waals surface area contributed by atoms with Gasteiger partial charge in [-0.3, -0.25) is 9.78 Å². The first-order chi connectivity index (χ1) is 14.8. The van der Waals surface area contributed by atoms with Crippen molar-refractivity contribution in [2.45, 2.75) is 32.4 Å². The highest BCUT2D eigenvalue weighted by molar-refractivity contribution is 7.18. The number of carbonyl (C=O) groups is 2. The van der Waals surface area contributed by atoms with Gasteiger partial charge in [0.1, 0.15) is 10.5 Å². The number of aromatic nitrogens is 4. The molecule has 4 heterocycles. The van der Waals surface area contributed by atoms with E-state index in [1.54, 1.807) is 11.8 Å². The molecule has 1 aliphatic rings. The molecule has 2 atom stereocenters. The van der Waals surface area contributed by atoms with Crippen LogP contribution in [0.1, 0.15) is 40.4 Å². The van der Waals surface area contributed by atoms with E-state index in [0.717, 1.165) is 11.2 Å². The largest absolute Gasteiger partial charge is 0.465 e. The van der Waals surface area contributed by atoms with Gasteiger partial charge in [-0.2, -0.15) is 4.98 Å². The van der Waals surface area contributed by atoms with Crippen molar-refractivity contribution in [2.75, 3.05) is 18.4 Å². The van der Waals surface area contributed by atoms with Crippen molar-refractivity contribution in [3.05, 3.63) is 40.5 Å². The second-order valence-corrected chi connectivity index (χ2v) is 8.47. The monoisotopic (exact) mass is 445 g/mol. The van der Waals surface area contributed by atoms with Crippen molar-refractivity contribution in [3.63, 3.8) is 0 Å². The standard InChI is InChI=1S/C19H20FN7O3S/c1-9(11-5-12(20)7-21-6-11)22-18-25-14(15-16(26-18)23-10(2)31-15)17(28)27-4-3-13(8-27)24-19(29)30/h5-7,9,13,24H,3-4,8H2,1-2H3,(H,29,30)(H,22,25,26)/t9-,13+/m0/s1. The summed E-state index contributed by atoms with van der Waals surface area (Å²) >= 11 is 1.32. The summed E-state index contributed by atoms with van der Waals surface area (Å²) < 4.78 is 14.1. The molecular formula is C19H20FN7O3S. The Kier molecular flexibility index (Phi) is 5.63. The summed E-state index contributed by atoms with van der Waals surface area (Å²) in [5.41, 5.74) is 1.21. The summed E-state index contributed by atoms with van der Waals surface area (Å²) in [6.45, 7) is 4.31. The minimum absolute atomic E-state index is 0.192. The number of carboxylic acid groups (broad SMARTS) is 1. The highest BCUT2D eigenvalue weighted by Crippen LogP contribution is 2.27. The van der Waals surface area contributed by atoms with Crippen LogP contribution in [0, 0.1) is 12.7 Å². The van der Waals surface area contributed by atoms with E-state index in [1.807, 2.05) is 6.92 Å². The Hall–Kier alpha value is -3.41. The van der Waals surface area contributed by atoms with Crippen molar-refractivity contribution in [1.82, 2.24) is 30.2 Å². The van der Waals surface area contributed by atoms with E-state index in [9.17, 15) is 14.0 Å². The molecule has 3 aromatic heterocycles. The molecule has 0 aromatic carbocycles. The number of thiazole rings is 1. The van der Waals surface area contributed by atoms with Gasteiger partial charge in [0.25, 0.3) is 5.91 Å². The molecule has 3 aromatic rings. The van der Waals surface area contributed by atoms with Crippen molar-refractivity contribution in [1.29, 1.82) is 0 Å². The van der Waals surface area contributed by atoms with E-state index in [4.69, 9.17) is 5.11 Å². The predicted octanol–water partition coefficient (Wildman–Crippen LogP) is 2.58. The molecule has 0 radical (unpaired) electrons. The lowest BCUT2D eigenvalue weighted by Gasteiger charge is -2.18. The van der Waals surface area contributed by atoms with Crippen LogP contribution in [-0.2, 0) is 0 Å². The summed E-state index contributed by atoms with van der Waals surface area (Å²) in [6, 6.07) is 0.682. The maximum absolute atomic E-state index is 13.5. The molecule has 4 rings (SSSR count). The van der Waals surface area contributed by atoms with Crippen LogP contribution in [0.5, 0.6) is 0 Å². The highest BCUT2D eigenvalue weighted by Gasteiger charge is 2.31. The molecule has 0 aliphatic carbocycles. The molecule has 2 amide bonds. The Morgan fingerprint density at radius 3 is 2.87 bits per heavy atom. The fourth-order valence-electron chi connectivity index (χ4n) is 3.47. The zero-order valence-corrected chi connectivity index (χ0v) is 17.6. The number of hydrogen-bond donors (Lipinski definition) is 3. The topological polar surface area (TPSA) is 133 Å². The van der Waals surface area contributed by atoms with Crippen molar-refractivity contribution < 1.29 is 19.1 Å². The molecule has 0 unspecified atom stereocenters. The first-order valence-electron chi connectivity index (χ1n) is 9.61. The van der Waals surface area contributed by atoms with Gasteiger partial charge in [-0.25, -0.2) is 19.2 Å². The first-order valence-corrected chi connectivity index (χ1v) is 10.4. The minimum Gasteiger partial charge on any atom is -0.465 e. The predicted molar refractivity (Wildman–Crippen MR) is 112 cm³/mol. The number of aryl methyl sites for hydroxylation is 1. The van der Waals surface area contributed by atoms with Gasteiger partial charge in [0.15, 0.2) is 11.3 Å². The van der Waals surface area contributed by atoms with Gasteiger partial charge in [-0.05, 0) is 31.9 Å². The summed E-state index contributed by atoms with van der Waals surface area (Å²) in [5, 5.41) is 15.1. The van der Waals surface area contributed by atoms with Crippen LogP contribution < -0.4 is 10.6 Å². The van der Waals surface area contributed by atoms with Crippen LogP contribution in [0.15, 0.2) is 18.5 Å². The smallest absolute Gasteiger partial charge is 0.404 e. The molecule has 162 valence electrons. The normalized spacial score (nSPS) is 17.0. The van der Waals surface area contributed by atoms with Crippen molar-refractivity contribution in [2.24, 2.45) is 0 Å². The Bertz CT molecular complexity index is 1150. The van der Waals surface area contributed by atoms with Gasteiger partial charge in [-0.15, -0.1) is 11.3 Å². The maximum atomic E-state index is 13.5. The number of hydrogen-bond acceptors (Lipinski definition) is 8. The number of nitrogens with one attached hydrogen (secondary N) is 2. The van der Waals surface area contributed by atoms with Gasteiger partial charge < -0.3 is 20.6 Å². The Morgan fingerprint density at radius 1 is 1.32 bits per heavy atom. The van der Waals surface area contributed by atoms with Crippen LogP contribution in [0.2, 0.25) is 0 Å². The Morgan fingerprint density at radius 2 is 2.13 bits per heavy atom. The molecule has 1 aliphatic heterocycles. The number of fused-ring (bicyclic) bond motifs is 1. The first kappa shape index (κ1) is 20.8. The van der Waals surface area contributed by atoms with Crippen molar-refractivity contribution >= 4 is 39.6 Å². The minimum atomic E-state index is -1.12. The molecule has 31 heavy (non-hydrogen) atoms. The average Bonchev–Trinajstić information content (AvgIpc) is 3.32. The van der Waals surface area contributed by atoms with Crippen LogP contribution >= 0.6 is 11.3 Å². The number of nitrogens with zero attached hydrogens (tertiary/aromatic N) is 5. The molecule has 1 fully saturated rings. The molecular weight excluding hydrogens is 425 g/mol. The Balaban J connectivity index is 1.62. The van der Waals surface area contributed by atoms with Gasteiger partial charge in [0.2, 0.25) is 5.95 Å². The molecule has 0 spiro atoms. The number of likely N-dealkylation sites (tertiary alicyclic amines) is 1. The van der Waals surface area contributed by atoms with Gasteiger partial charge in [-0.1, -0.05) is 0 Å². The third kappa shape index (κ3) is 4.53. The summed E-state index contributed by atoms with van der Waals surface area (Å²) in [6.07, 6.45) is 2.07. The molecule has 10 nitrogen and oxygen atoms in total. The van der Waals surface area contributed by atoms with Gasteiger partial charge in [0, 0.05) is 19.3 Å². The van der Waals surface area contributed by atoms with Gasteiger partial charge >= 0.3 is 6.09 Å². The van der Waals surface area contributed by atoms with Crippen LogP contribution in [0.4, 0.5) is 15.1 Å². The molecule has 0 bridgehead atoms. The molecule has 12 heteroatoms. The number of halogens is 1. The Labute approximate surface area is 180 Å². The second-order valence-electron chi connectivity index (χ2n) is 7.27. The third-order valence-corrected chi connectivity index (χ3v) is 5.90. The SMILES string of the molecule is Cc1nc2nc(N[C@@H](C)c3cncc(F)c3)nc(C(=O)N3CC[C@@H](NC(=O)O)C3)c2s1. The highest BCUT2D eigenvalue weighted by atomic mass is 32.1. The number of amides is 2. The van der Waals surface area contributed by atoms with E-state index in [-0.39, 0.29) is 36.2 Å². The fourth-order valence-corrected chi connectivity index (χ4v) is 4.31. The van der Waals surface area contributed by atoms with Crippen LogP contribution in [0.3, 0.4) is 0 Å². The lowest BCUT2D eigenvalue weighted by molar-refractivity contribution is 0.0785. The number of rotatable bonds is 5. The number of carbonyl (C=O) groups excluding carboxylic acids is 1. The fraction of sp³-hybridized carbons (Fsp3) is 0.368. The molecule has 0 saturated carbocycles. The lowest BCUT2D eigenvalue weighted by atomic mass is 10.1. The summed E-state index contributed by atoms with van der Waals surface area (Å²) in [4.78, 5) is 42.7. The third-order valence-electron chi connectivity index (χ3n) is 4.94. The van der Waals surface area contributed by atoms with Crippen LogP contribution in [0.25, 0.3) is 10.3 Å². The zero-order valence-electron chi connectivity index (χ0n) is 16.8. The maximum Gasteiger partial charge on any atom is 0.404 e. The quantitative estimate of drug-likeness (QED) is 0.546. The summed E-state index contributed by atoms with van der Waals surface area (Å²) in [7, 11) is 0. The van der Waals surface area contributed by atoms with E-state index in [0.29, 0.717) is 28.9 Å². The number of anilines is 1. The molecule has 1 saturated heterocycles. The van der Waals surface area contributed by atoms with Crippen LogP contribution in [-0.4, -0.2) is 61.1 Å².